The van der Waals surface area contributed by atoms with E-state index in [1.54, 1.807) is 24.3 Å². The Morgan fingerprint density at radius 1 is 1.12 bits per heavy atom. The minimum absolute atomic E-state index is 0.191. The molecule has 0 aliphatic carbocycles. The zero-order valence-electron chi connectivity index (χ0n) is 14.2. The summed E-state index contributed by atoms with van der Waals surface area (Å²) in [6.07, 6.45) is -0.405. The second-order valence-electron chi connectivity index (χ2n) is 6.62. The fourth-order valence-corrected chi connectivity index (χ4v) is 3.55. The first-order chi connectivity index (χ1) is 12.5. The van der Waals surface area contributed by atoms with E-state index >= 15 is 0 Å². The van der Waals surface area contributed by atoms with Gasteiger partial charge in [0.2, 0.25) is 5.91 Å². The number of aryl methyl sites for hydroxylation is 1. The summed E-state index contributed by atoms with van der Waals surface area (Å²) < 4.78 is 5.58. The molecule has 1 saturated heterocycles. The van der Waals surface area contributed by atoms with E-state index < -0.39 is 24.0 Å². The van der Waals surface area contributed by atoms with Crippen molar-refractivity contribution in [3.05, 3.63) is 65.2 Å². The van der Waals surface area contributed by atoms with Gasteiger partial charge in [-0.2, -0.15) is 0 Å². The molecule has 0 saturated carbocycles. The first-order valence-corrected chi connectivity index (χ1v) is 8.51. The monoisotopic (exact) mass is 350 g/mol. The minimum atomic E-state index is -0.846. The molecule has 3 atom stereocenters. The molecule has 2 N–H and O–H groups in total. The third-order valence-electron chi connectivity index (χ3n) is 4.92. The largest absolute Gasteiger partial charge is 0.455 e. The van der Waals surface area contributed by atoms with Gasteiger partial charge in [-0.3, -0.25) is 9.59 Å². The summed E-state index contributed by atoms with van der Waals surface area (Å²) in [5.41, 5.74) is 2.88. The Morgan fingerprint density at radius 3 is 2.65 bits per heavy atom. The Balaban J connectivity index is 1.57. The molecule has 0 aromatic heterocycles. The molecule has 132 valence electrons. The Morgan fingerprint density at radius 2 is 1.88 bits per heavy atom. The fraction of sp³-hybridized carbons (Fsp3) is 0.250. The maximum atomic E-state index is 12.5. The highest BCUT2D eigenvalue weighted by Gasteiger charge is 2.46. The summed E-state index contributed by atoms with van der Waals surface area (Å²) in [7, 11) is 0. The number of benzene rings is 2. The highest BCUT2D eigenvalue weighted by Crippen LogP contribution is 2.43. The van der Waals surface area contributed by atoms with Crippen molar-refractivity contribution in [1.82, 2.24) is 5.32 Å². The molecular formula is C20H18N2O4. The second kappa shape index (κ2) is 6.29. The molecule has 2 amide bonds. The number of amides is 2. The zero-order chi connectivity index (χ0) is 18.3. The van der Waals surface area contributed by atoms with Crippen molar-refractivity contribution < 1.29 is 19.1 Å². The first-order valence-electron chi connectivity index (χ1n) is 8.51. The number of carbonyl (C=O) groups is 3. The van der Waals surface area contributed by atoms with Crippen LogP contribution in [0.1, 0.15) is 34.0 Å². The lowest BCUT2D eigenvalue weighted by atomic mass is 9.82. The molecule has 2 aromatic rings. The Labute approximate surface area is 150 Å². The fourth-order valence-electron chi connectivity index (χ4n) is 3.55. The molecule has 0 bridgehead atoms. The molecule has 0 radical (unpaired) electrons. The third kappa shape index (κ3) is 2.73. The van der Waals surface area contributed by atoms with Crippen molar-refractivity contribution in [3.8, 4) is 0 Å². The molecule has 26 heavy (non-hydrogen) atoms. The molecule has 2 heterocycles. The van der Waals surface area contributed by atoms with Gasteiger partial charge >= 0.3 is 5.97 Å². The van der Waals surface area contributed by atoms with E-state index in [9.17, 15) is 14.4 Å². The van der Waals surface area contributed by atoms with E-state index in [4.69, 9.17) is 4.74 Å². The number of rotatable bonds is 2. The lowest BCUT2D eigenvalue weighted by Crippen LogP contribution is -2.51. The van der Waals surface area contributed by atoms with Crippen LogP contribution in [0.3, 0.4) is 0 Å². The van der Waals surface area contributed by atoms with E-state index in [2.05, 4.69) is 10.6 Å². The average Bonchev–Trinajstić information content (AvgIpc) is 2.64. The first kappa shape index (κ1) is 16.3. The minimum Gasteiger partial charge on any atom is -0.455 e. The van der Waals surface area contributed by atoms with Crippen LogP contribution in [0.2, 0.25) is 0 Å². The number of hydrogen-bond donors (Lipinski definition) is 2. The van der Waals surface area contributed by atoms with E-state index in [0.717, 1.165) is 11.1 Å². The lowest BCUT2D eigenvalue weighted by Gasteiger charge is -2.39. The van der Waals surface area contributed by atoms with Crippen LogP contribution in [0.25, 0.3) is 0 Å². The van der Waals surface area contributed by atoms with Gasteiger partial charge in [-0.1, -0.05) is 36.4 Å². The van der Waals surface area contributed by atoms with E-state index in [0.29, 0.717) is 11.3 Å². The molecule has 2 aliphatic heterocycles. The van der Waals surface area contributed by atoms with Crippen molar-refractivity contribution >= 4 is 23.5 Å². The molecule has 2 aromatic carbocycles. The number of fused-ring (bicyclic) bond motifs is 3. The van der Waals surface area contributed by atoms with Crippen molar-refractivity contribution in [2.75, 3.05) is 5.32 Å². The molecule has 6 nitrogen and oxygen atoms in total. The van der Waals surface area contributed by atoms with Gasteiger partial charge in [0.1, 0.15) is 12.1 Å². The molecule has 2 aliphatic rings. The SMILES string of the molecule is Cc1cccc2c1NC(=O)[C@H]1C[C@@H](NC(=O)c3ccccc3)C(=O)O[C@@H]21. The maximum absolute atomic E-state index is 12.5. The molecule has 4 rings (SSSR count). The molecule has 0 spiro atoms. The Bertz CT molecular complexity index is 894. The molecule has 0 unspecified atom stereocenters. The van der Waals surface area contributed by atoms with Gasteiger partial charge in [-0.05, 0) is 31.0 Å². The summed E-state index contributed by atoms with van der Waals surface area (Å²) in [5, 5.41) is 5.59. The van der Waals surface area contributed by atoms with Crippen LogP contribution >= 0.6 is 0 Å². The van der Waals surface area contributed by atoms with Crippen LogP contribution in [-0.4, -0.2) is 23.8 Å². The number of anilines is 1. The summed E-state index contributed by atoms with van der Waals surface area (Å²) in [4.78, 5) is 37.3. The van der Waals surface area contributed by atoms with Gasteiger partial charge in [0.15, 0.2) is 0 Å². The van der Waals surface area contributed by atoms with Gasteiger partial charge in [-0.25, -0.2) is 4.79 Å². The highest BCUT2D eigenvalue weighted by atomic mass is 16.5. The number of esters is 1. The van der Waals surface area contributed by atoms with E-state index in [-0.39, 0.29) is 18.2 Å². The number of carbonyl (C=O) groups excluding carboxylic acids is 3. The van der Waals surface area contributed by atoms with Crippen molar-refractivity contribution in [3.63, 3.8) is 0 Å². The van der Waals surface area contributed by atoms with Crippen molar-refractivity contribution in [2.24, 2.45) is 5.92 Å². The van der Waals surface area contributed by atoms with Crippen molar-refractivity contribution in [2.45, 2.75) is 25.5 Å². The van der Waals surface area contributed by atoms with Crippen LogP contribution in [0, 0.1) is 12.8 Å². The van der Waals surface area contributed by atoms with Gasteiger partial charge < -0.3 is 15.4 Å². The predicted octanol–water partition coefficient (Wildman–Crippen LogP) is 2.35. The summed E-state index contributed by atoms with van der Waals surface area (Å²) in [6.45, 7) is 1.90. The van der Waals surface area contributed by atoms with Crippen LogP contribution in [-0.2, 0) is 14.3 Å². The normalized spacial score (nSPS) is 24.0. The predicted molar refractivity (Wildman–Crippen MR) is 94.4 cm³/mol. The summed E-state index contributed by atoms with van der Waals surface area (Å²) >= 11 is 0. The lowest BCUT2D eigenvalue weighted by molar-refractivity contribution is -0.164. The molecule has 6 heteroatoms. The zero-order valence-corrected chi connectivity index (χ0v) is 14.2. The second-order valence-corrected chi connectivity index (χ2v) is 6.62. The van der Waals surface area contributed by atoms with Crippen molar-refractivity contribution in [1.29, 1.82) is 0 Å². The van der Waals surface area contributed by atoms with Gasteiger partial charge in [0, 0.05) is 11.1 Å². The number of para-hydroxylation sites is 1. The molecule has 1 fully saturated rings. The van der Waals surface area contributed by atoms with Crippen LogP contribution in [0.5, 0.6) is 0 Å². The van der Waals surface area contributed by atoms with Crippen LogP contribution < -0.4 is 10.6 Å². The average molecular weight is 350 g/mol. The third-order valence-corrected chi connectivity index (χ3v) is 4.92. The number of nitrogens with one attached hydrogen (secondary N) is 2. The van der Waals surface area contributed by atoms with Gasteiger partial charge in [0.25, 0.3) is 5.91 Å². The Hall–Kier alpha value is -3.15. The maximum Gasteiger partial charge on any atom is 0.329 e. The summed E-state index contributed by atoms with van der Waals surface area (Å²) in [6, 6.07) is 13.4. The quantitative estimate of drug-likeness (QED) is 0.815. The topological polar surface area (TPSA) is 84.5 Å². The van der Waals surface area contributed by atoms with Crippen LogP contribution in [0.4, 0.5) is 5.69 Å². The standard InChI is InChI=1S/C20H18N2O4/c1-11-6-5-9-13-16(11)22-19(24)14-10-15(20(25)26-17(13)14)21-18(23)12-7-3-2-4-8-12/h2-9,14-15,17H,10H2,1H3,(H,21,23)(H,22,24)/t14-,15+,17-/m0/s1. The highest BCUT2D eigenvalue weighted by molar-refractivity contribution is 6.00. The van der Waals surface area contributed by atoms with E-state index in [1.807, 2.05) is 31.2 Å². The smallest absolute Gasteiger partial charge is 0.329 e. The molecular weight excluding hydrogens is 332 g/mol. The van der Waals surface area contributed by atoms with Gasteiger partial charge in [0.05, 0.1) is 11.6 Å². The van der Waals surface area contributed by atoms with E-state index in [1.165, 1.54) is 0 Å². The van der Waals surface area contributed by atoms with Crippen LogP contribution in [0.15, 0.2) is 48.5 Å². The number of hydrogen-bond acceptors (Lipinski definition) is 4. The number of ether oxygens (including phenoxy) is 1. The summed E-state index contributed by atoms with van der Waals surface area (Å²) in [5.74, 6) is -1.59. The Kier molecular flexibility index (Phi) is 3.95. The van der Waals surface area contributed by atoms with Gasteiger partial charge in [-0.15, -0.1) is 0 Å².